The molecular weight excluding hydrogens is 284 g/mol. The highest BCUT2D eigenvalue weighted by Crippen LogP contribution is 2.22. The van der Waals surface area contributed by atoms with Gasteiger partial charge in [0.2, 0.25) is 5.82 Å². The molecule has 0 fully saturated rings. The van der Waals surface area contributed by atoms with E-state index in [0.717, 1.165) is 4.88 Å². The average molecular weight is 293 g/mol. The normalized spacial score (nSPS) is 10.6. The molecule has 3 aromatic rings. The van der Waals surface area contributed by atoms with Gasteiger partial charge in [-0.25, -0.2) is 0 Å². The summed E-state index contributed by atoms with van der Waals surface area (Å²) in [4.78, 5) is 5.24. The third-order valence-electron chi connectivity index (χ3n) is 2.37. The number of thiophene rings is 1. The summed E-state index contributed by atoms with van der Waals surface area (Å²) in [6.45, 7) is 0.221. The van der Waals surface area contributed by atoms with Gasteiger partial charge in [-0.3, -0.25) is 0 Å². The van der Waals surface area contributed by atoms with Gasteiger partial charge in [-0.15, -0.1) is 11.3 Å². The zero-order valence-corrected chi connectivity index (χ0v) is 11.3. The number of rotatable bonds is 4. The largest absolute Gasteiger partial charge is 0.484 e. The molecule has 0 saturated carbocycles. The SMILES string of the molecule is Clc1cccc(OCc2nc(-c3cccs3)no2)c1. The van der Waals surface area contributed by atoms with Gasteiger partial charge in [0.15, 0.2) is 6.61 Å². The van der Waals surface area contributed by atoms with Gasteiger partial charge in [-0.05, 0) is 29.6 Å². The van der Waals surface area contributed by atoms with E-state index in [-0.39, 0.29) is 6.61 Å². The van der Waals surface area contributed by atoms with Crippen LogP contribution in [0.3, 0.4) is 0 Å². The van der Waals surface area contributed by atoms with Gasteiger partial charge in [0.25, 0.3) is 5.89 Å². The molecule has 1 aromatic carbocycles. The van der Waals surface area contributed by atoms with Crippen LogP contribution in [0, 0.1) is 0 Å². The Morgan fingerprint density at radius 3 is 3.00 bits per heavy atom. The number of benzene rings is 1. The van der Waals surface area contributed by atoms with Crippen molar-refractivity contribution in [3.05, 3.63) is 52.7 Å². The first-order chi connectivity index (χ1) is 9.31. The predicted octanol–water partition coefficient (Wildman–Crippen LogP) is 4.03. The second kappa shape index (κ2) is 5.42. The fraction of sp³-hybridized carbons (Fsp3) is 0.0769. The van der Waals surface area contributed by atoms with E-state index in [4.69, 9.17) is 20.9 Å². The Kier molecular flexibility index (Phi) is 3.48. The fourth-order valence-corrected chi connectivity index (χ4v) is 2.35. The summed E-state index contributed by atoms with van der Waals surface area (Å²) >= 11 is 7.43. The lowest BCUT2D eigenvalue weighted by Gasteiger charge is -2.02. The third-order valence-corrected chi connectivity index (χ3v) is 3.47. The molecule has 0 unspecified atom stereocenters. The maximum atomic E-state index is 5.87. The van der Waals surface area contributed by atoms with Crippen LogP contribution in [0.2, 0.25) is 5.02 Å². The zero-order valence-electron chi connectivity index (χ0n) is 9.75. The Labute approximate surface area is 118 Å². The predicted molar refractivity (Wildman–Crippen MR) is 73.4 cm³/mol. The molecular formula is C13H9ClN2O2S. The van der Waals surface area contributed by atoms with E-state index in [1.54, 1.807) is 23.5 Å². The highest BCUT2D eigenvalue weighted by Gasteiger charge is 2.09. The van der Waals surface area contributed by atoms with Crippen LogP contribution in [-0.4, -0.2) is 10.1 Å². The van der Waals surface area contributed by atoms with E-state index in [9.17, 15) is 0 Å². The van der Waals surface area contributed by atoms with Gasteiger partial charge < -0.3 is 9.26 Å². The molecule has 0 aliphatic heterocycles. The van der Waals surface area contributed by atoms with E-state index in [0.29, 0.717) is 22.5 Å². The maximum Gasteiger partial charge on any atom is 0.264 e. The van der Waals surface area contributed by atoms with Crippen molar-refractivity contribution in [2.75, 3.05) is 0 Å². The Balaban J connectivity index is 1.68. The molecule has 19 heavy (non-hydrogen) atoms. The van der Waals surface area contributed by atoms with E-state index in [1.807, 2.05) is 29.6 Å². The summed E-state index contributed by atoms with van der Waals surface area (Å²) in [6, 6.07) is 11.1. The van der Waals surface area contributed by atoms with Crippen molar-refractivity contribution < 1.29 is 9.26 Å². The molecule has 0 aliphatic carbocycles. The first-order valence-corrected chi connectivity index (χ1v) is 6.82. The lowest BCUT2D eigenvalue weighted by Crippen LogP contribution is -1.95. The van der Waals surface area contributed by atoms with Gasteiger partial charge in [0.05, 0.1) is 4.88 Å². The lowest BCUT2D eigenvalue weighted by molar-refractivity contribution is 0.243. The highest BCUT2D eigenvalue weighted by atomic mass is 35.5. The molecule has 4 nitrogen and oxygen atoms in total. The molecule has 0 atom stereocenters. The smallest absolute Gasteiger partial charge is 0.264 e. The lowest BCUT2D eigenvalue weighted by atomic mass is 10.3. The van der Waals surface area contributed by atoms with Crippen molar-refractivity contribution in [2.24, 2.45) is 0 Å². The molecule has 96 valence electrons. The average Bonchev–Trinajstić information content (AvgIpc) is 3.07. The minimum atomic E-state index is 0.221. The molecule has 0 bridgehead atoms. The second-order valence-corrected chi connectivity index (χ2v) is 5.12. The molecule has 0 saturated heterocycles. The molecule has 0 spiro atoms. The van der Waals surface area contributed by atoms with E-state index < -0.39 is 0 Å². The van der Waals surface area contributed by atoms with Gasteiger partial charge in [0.1, 0.15) is 5.75 Å². The van der Waals surface area contributed by atoms with Gasteiger partial charge in [-0.1, -0.05) is 28.9 Å². The Bertz CT molecular complexity index is 667. The standard InChI is InChI=1S/C13H9ClN2O2S/c14-9-3-1-4-10(7-9)17-8-12-15-13(16-18-12)11-5-2-6-19-11/h1-7H,8H2. The quantitative estimate of drug-likeness (QED) is 0.728. The molecule has 0 N–H and O–H groups in total. The molecule has 0 radical (unpaired) electrons. The topological polar surface area (TPSA) is 48.2 Å². The van der Waals surface area contributed by atoms with Crippen LogP contribution >= 0.6 is 22.9 Å². The number of ether oxygens (including phenoxy) is 1. The summed E-state index contributed by atoms with van der Waals surface area (Å²) in [5.74, 6) is 1.69. The molecule has 2 heterocycles. The Hall–Kier alpha value is -1.85. The van der Waals surface area contributed by atoms with Crippen LogP contribution in [0.25, 0.3) is 10.7 Å². The number of aromatic nitrogens is 2. The van der Waals surface area contributed by atoms with Crippen LogP contribution < -0.4 is 4.74 Å². The number of hydrogen-bond acceptors (Lipinski definition) is 5. The summed E-state index contributed by atoms with van der Waals surface area (Å²) in [5, 5.41) is 6.50. The molecule has 0 aliphatic rings. The summed E-state index contributed by atoms with van der Waals surface area (Å²) in [6.07, 6.45) is 0. The monoisotopic (exact) mass is 292 g/mol. The van der Waals surface area contributed by atoms with Crippen molar-refractivity contribution in [3.63, 3.8) is 0 Å². The zero-order chi connectivity index (χ0) is 13.1. The molecule has 2 aromatic heterocycles. The van der Waals surface area contributed by atoms with E-state index in [1.165, 1.54) is 0 Å². The van der Waals surface area contributed by atoms with Gasteiger partial charge >= 0.3 is 0 Å². The van der Waals surface area contributed by atoms with Crippen molar-refractivity contribution in [1.29, 1.82) is 0 Å². The van der Waals surface area contributed by atoms with Gasteiger partial charge in [-0.2, -0.15) is 4.98 Å². The van der Waals surface area contributed by atoms with Gasteiger partial charge in [0, 0.05) is 5.02 Å². The first-order valence-electron chi connectivity index (χ1n) is 5.56. The molecule has 3 rings (SSSR count). The van der Waals surface area contributed by atoms with Crippen molar-refractivity contribution in [3.8, 4) is 16.5 Å². The van der Waals surface area contributed by atoms with Crippen molar-refractivity contribution >= 4 is 22.9 Å². The molecule has 6 heteroatoms. The van der Waals surface area contributed by atoms with Crippen LogP contribution in [0.5, 0.6) is 5.75 Å². The number of nitrogens with zero attached hydrogens (tertiary/aromatic N) is 2. The fourth-order valence-electron chi connectivity index (χ4n) is 1.52. The highest BCUT2D eigenvalue weighted by molar-refractivity contribution is 7.13. The summed E-state index contributed by atoms with van der Waals surface area (Å²) < 4.78 is 10.7. The van der Waals surface area contributed by atoms with Crippen LogP contribution in [0.15, 0.2) is 46.3 Å². The minimum Gasteiger partial charge on any atom is -0.484 e. The Morgan fingerprint density at radius 1 is 1.26 bits per heavy atom. The number of halogens is 1. The Morgan fingerprint density at radius 2 is 2.21 bits per heavy atom. The summed E-state index contributed by atoms with van der Waals surface area (Å²) in [5.41, 5.74) is 0. The van der Waals surface area contributed by atoms with Crippen molar-refractivity contribution in [1.82, 2.24) is 10.1 Å². The van der Waals surface area contributed by atoms with E-state index >= 15 is 0 Å². The number of hydrogen-bond donors (Lipinski definition) is 0. The van der Waals surface area contributed by atoms with Crippen LogP contribution in [0.1, 0.15) is 5.89 Å². The van der Waals surface area contributed by atoms with Crippen LogP contribution in [0.4, 0.5) is 0 Å². The second-order valence-electron chi connectivity index (χ2n) is 3.74. The summed E-state index contributed by atoms with van der Waals surface area (Å²) in [7, 11) is 0. The van der Waals surface area contributed by atoms with Crippen molar-refractivity contribution in [2.45, 2.75) is 6.61 Å². The molecule has 0 amide bonds. The van der Waals surface area contributed by atoms with E-state index in [2.05, 4.69) is 10.1 Å². The third kappa shape index (κ3) is 2.94. The minimum absolute atomic E-state index is 0.221. The van der Waals surface area contributed by atoms with Crippen LogP contribution in [-0.2, 0) is 6.61 Å². The first kappa shape index (κ1) is 12.2. The maximum absolute atomic E-state index is 5.87.